The number of aromatic nitrogens is 2. The number of hydrogen-bond donors (Lipinski definition) is 1. The number of hydrogen-bond acceptors (Lipinski definition) is 6. The average Bonchev–Trinajstić information content (AvgIpc) is 3.15. The lowest BCUT2D eigenvalue weighted by atomic mass is 10.1. The van der Waals surface area contributed by atoms with Crippen LogP contribution in [0, 0.1) is 0 Å². The van der Waals surface area contributed by atoms with Gasteiger partial charge in [-0.15, -0.1) is 10.2 Å². The summed E-state index contributed by atoms with van der Waals surface area (Å²) < 4.78 is 16.9. The molecule has 2 aromatic carbocycles. The van der Waals surface area contributed by atoms with Crippen LogP contribution in [-0.2, 0) is 6.54 Å². The van der Waals surface area contributed by atoms with Gasteiger partial charge in [0.2, 0.25) is 11.8 Å². The highest BCUT2D eigenvalue weighted by Crippen LogP contribution is 2.32. The summed E-state index contributed by atoms with van der Waals surface area (Å²) in [5.41, 5.74) is 2.04. The van der Waals surface area contributed by atoms with Crippen molar-refractivity contribution in [3.63, 3.8) is 0 Å². The maximum Gasteiger partial charge on any atom is 0.247 e. The fourth-order valence-corrected chi connectivity index (χ4v) is 2.71. The zero-order valence-corrected chi connectivity index (χ0v) is 13.9. The molecule has 0 radical (unpaired) electrons. The number of nitrogens with zero attached hydrogens (tertiary/aromatic N) is 2. The first-order valence-corrected chi connectivity index (χ1v) is 8.30. The van der Waals surface area contributed by atoms with Crippen LogP contribution in [-0.4, -0.2) is 23.4 Å². The van der Waals surface area contributed by atoms with Crippen LogP contribution in [0.3, 0.4) is 0 Å². The molecule has 1 unspecified atom stereocenters. The van der Waals surface area contributed by atoms with Crippen molar-refractivity contribution < 1.29 is 13.9 Å². The van der Waals surface area contributed by atoms with Gasteiger partial charge in [-0.2, -0.15) is 0 Å². The summed E-state index contributed by atoms with van der Waals surface area (Å²) in [5.74, 6) is 2.68. The molecule has 25 heavy (non-hydrogen) atoms. The van der Waals surface area contributed by atoms with Gasteiger partial charge in [0, 0.05) is 11.6 Å². The van der Waals surface area contributed by atoms with Gasteiger partial charge in [0.25, 0.3) is 0 Å². The van der Waals surface area contributed by atoms with Gasteiger partial charge in [-0.1, -0.05) is 24.3 Å². The van der Waals surface area contributed by atoms with E-state index in [1.165, 1.54) is 0 Å². The number of nitrogens with one attached hydrogen (secondary N) is 1. The second kappa shape index (κ2) is 6.94. The molecule has 128 valence electrons. The van der Waals surface area contributed by atoms with E-state index < -0.39 is 0 Å². The summed E-state index contributed by atoms with van der Waals surface area (Å²) in [6.45, 7) is 3.76. The molecule has 2 heterocycles. The molecule has 6 nitrogen and oxygen atoms in total. The molecular weight excluding hydrogens is 318 g/mol. The normalized spacial score (nSPS) is 14.3. The van der Waals surface area contributed by atoms with E-state index in [9.17, 15) is 0 Å². The first-order chi connectivity index (χ1) is 12.3. The second-order valence-electron chi connectivity index (χ2n) is 5.87. The highest BCUT2D eigenvalue weighted by Gasteiger charge is 2.15. The van der Waals surface area contributed by atoms with Gasteiger partial charge in [-0.25, -0.2) is 0 Å². The van der Waals surface area contributed by atoms with E-state index >= 15 is 0 Å². The minimum absolute atomic E-state index is 0.114. The molecule has 3 aromatic rings. The zero-order valence-electron chi connectivity index (χ0n) is 13.9. The summed E-state index contributed by atoms with van der Waals surface area (Å²) in [7, 11) is 0. The van der Waals surface area contributed by atoms with E-state index in [4.69, 9.17) is 13.9 Å². The summed E-state index contributed by atoms with van der Waals surface area (Å²) in [6, 6.07) is 15.8. The van der Waals surface area contributed by atoms with Gasteiger partial charge in [0.15, 0.2) is 11.5 Å². The molecule has 1 N–H and O–H groups in total. The first-order valence-electron chi connectivity index (χ1n) is 8.30. The van der Waals surface area contributed by atoms with Gasteiger partial charge in [-0.05, 0) is 36.8 Å². The topological polar surface area (TPSA) is 69.4 Å². The summed E-state index contributed by atoms with van der Waals surface area (Å²) in [6.07, 6.45) is 0. The monoisotopic (exact) mass is 337 g/mol. The predicted octanol–water partition coefficient (Wildman–Crippen LogP) is 3.36. The third-order valence-electron chi connectivity index (χ3n) is 4.11. The maximum atomic E-state index is 5.72. The van der Waals surface area contributed by atoms with E-state index in [0.29, 0.717) is 31.5 Å². The standard InChI is InChI=1S/C19H19N3O3/c1-13(15-7-8-16-17(11-15)24-10-9-23-16)20-12-18-21-22-19(25-18)14-5-3-2-4-6-14/h2-8,11,13,20H,9-10,12H2,1H3. The lowest BCUT2D eigenvalue weighted by Gasteiger charge is -2.20. The van der Waals surface area contributed by atoms with Crippen LogP contribution in [0.5, 0.6) is 11.5 Å². The first kappa shape index (κ1) is 15.7. The number of fused-ring (bicyclic) bond motifs is 1. The van der Waals surface area contributed by atoms with Crippen LogP contribution in [0.1, 0.15) is 24.4 Å². The molecular formula is C19H19N3O3. The molecule has 0 fully saturated rings. The van der Waals surface area contributed by atoms with Gasteiger partial charge in [-0.3, -0.25) is 0 Å². The van der Waals surface area contributed by atoms with Crippen LogP contribution < -0.4 is 14.8 Å². The molecule has 4 rings (SSSR count). The average molecular weight is 337 g/mol. The fourth-order valence-electron chi connectivity index (χ4n) is 2.71. The minimum atomic E-state index is 0.114. The maximum absolute atomic E-state index is 5.72. The number of rotatable bonds is 5. The Morgan fingerprint density at radius 3 is 2.64 bits per heavy atom. The van der Waals surface area contributed by atoms with Crippen LogP contribution in [0.2, 0.25) is 0 Å². The molecule has 0 spiro atoms. The lowest BCUT2D eigenvalue weighted by molar-refractivity contribution is 0.171. The quantitative estimate of drug-likeness (QED) is 0.770. The van der Waals surface area contributed by atoms with E-state index in [0.717, 1.165) is 22.6 Å². The molecule has 1 aromatic heterocycles. The van der Waals surface area contributed by atoms with Crippen LogP contribution in [0.4, 0.5) is 0 Å². The highest BCUT2D eigenvalue weighted by molar-refractivity contribution is 5.51. The van der Waals surface area contributed by atoms with Crippen molar-refractivity contribution in [1.82, 2.24) is 15.5 Å². The molecule has 1 aliphatic rings. The minimum Gasteiger partial charge on any atom is -0.486 e. The molecule has 0 bridgehead atoms. The molecule has 0 saturated carbocycles. The summed E-state index contributed by atoms with van der Waals surface area (Å²) >= 11 is 0. The largest absolute Gasteiger partial charge is 0.486 e. The lowest BCUT2D eigenvalue weighted by Crippen LogP contribution is -2.19. The Balaban J connectivity index is 1.40. The number of benzene rings is 2. The fraction of sp³-hybridized carbons (Fsp3) is 0.263. The van der Waals surface area contributed by atoms with Crippen molar-refractivity contribution in [2.45, 2.75) is 19.5 Å². The van der Waals surface area contributed by atoms with E-state index in [-0.39, 0.29) is 6.04 Å². The van der Waals surface area contributed by atoms with Crippen molar-refractivity contribution in [3.05, 3.63) is 60.0 Å². The van der Waals surface area contributed by atoms with Crippen molar-refractivity contribution in [1.29, 1.82) is 0 Å². The predicted molar refractivity (Wildman–Crippen MR) is 92.4 cm³/mol. The molecule has 1 aliphatic heterocycles. The number of ether oxygens (including phenoxy) is 2. The smallest absolute Gasteiger partial charge is 0.247 e. The highest BCUT2D eigenvalue weighted by atomic mass is 16.6. The second-order valence-corrected chi connectivity index (χ2v) is 5.87. The van der Waals surface area contributed by atoms with Crippen molar-refractivity contribution in [3.8, 4) is 23.0 Å². The summed E-state index contributed by atoms with van der Waals surface area (Å²) in [4.78, 5) is 0. The summed E-state index contributed by atoms with van der Waals surface area (Å²) in [5, 5.41) is 11.6. The van der Waals surface area contributed by atoms with E-state index in [2.05, 4.69) is 22.4 Å². The van der Waals surface area contributed by atoms with Crippen molar-refractivity contribution in [2.75, 3.05) is 13.2 Å². The van der Waals surface area contributed by atoms with Gasteiger partial charge >= 0.3 is 0 Å². The Hall–Kier alpha value is -2.86. The van der Waals surface area contributed by atoms with E-state index in [1.54, 1.807) is 0 Å². The van der Waals surface area contributed by atoms with Crippen LogP contribution in [0.15, 0.2) is 52.9 Å². The molecule has 0 aliphatic carbocycles. The Bertz CT molecular complexity index is 848. The Labute approximate surface area is 145 Å². The van der Waals surface area contributed by atoms with Gasteiger partial charge in [0.1, 0.15) is 13.2 Å². The van der Waals surface area contributed by atoms with Crippen LogP contribution >= 0.6 is 0 Å². The van der Waals surface area contributed by atoms with Crippen molar-refractivity contribution in [2.24, 2.45) is 0 Å². The zero-order chi connectivity index (χ0) is 17.1. The van der Waals surface area contributed by atoms with Gasteiger partial charge in [0.05, 0.1) is 6.54 Å². The molecule has 0 amide bonds. The molecule has 6 heteroatoms. The van der Waals surface area contributed by atoms with Gasteiger partial charge < -0.3 is 19.2 Å². The molecule has 1 atom stereocenters. The molecule has 0 saturated heterocycles. The Morgan fingerprint density at radius 1 is 1.00 bits per heavy atom. The van der Waals surface area contributed by atoms with E-state index in [1.807, 2.05) is 48.5 Å². The van der Waals surface area contributed by atoms with Crippen LogP contribution in [0.25, 0.3) is 11.5 Å². The Morgan fingerprint density at radius 2 is 1.80 bits per heavy atom. The Kier molecular flexibility index (Phi) is 4.35. The third kappa shape index (κ3) is 3.49. The SMILES string of the molecule is CC(NCc1nnc(-c2ccccc2)o1)c1ccc2c(c1)OCCO2. The van der Waals surface area contributed by atoms with Crippen molar-refractivity contribution >= 4 is 0 Å². The third-order valence-corrected chi connectivity index (χ3v) is 4.11.